The Morgan fingerprint density at radius 2 is 2.04 bits per heavy atom. The predicted molar refractivity (Wildman–Crippen MR) is 107 cm³/mol. The van der Waals surface area contributed by atoms with Crippen molar-refractivity contribution in [3.8, 4) is 0 Å². The lowest BCUT2D eigenvalue weighted by atomic mass is 9.72. The Hall–Kier alpha value is -3.15. The zero-order valence-corrected chi connectivity index (χ0v) is 15.5. The molecule has 1 aromatic carbocycles. The van der Waals surface area contributed by atoms with Crippen molar-refractivity contribution in [3.05, 3.63) is 77.9 Å². The summed E-state index contributed by atoms with van der Waals surface area (Å²) < 4.78 is 0. The summed E-state index contributed by atoms with van der Waals surface area (Å²) in [5.74, 6) is 0.0899. The Kier molecular flexibility index (Phi) is 5.54. The second-order valence-electron chi connectivity index (χ2n) is 6.76. The van der Waals surface area contributed by atoms with Crippen LogP contribution in [0.15, 0.2) is 66.8 Å². The number of hydrogen-bond donors (Lipinski definition) is 2. The standard InChI is InChI=1S/C21H25N5O/c1-2-11-26-19-6-4-3-5-18(19)21(20(26)27,12-16(14-23)7-9-22)13-17-8-10-24-25-15-17/h3-10,14-15H,2,11-13,22-23H2,1H3/b9-7-,16-14+. The largest absolute Gasteiger partial charge is 0.405 e. The predicted octanol–water partition coefficient (Wildman–Crippen LogP) is 2.42. The zero-order chi connectivity index (χ0) is 19.3. The summed E-state index contributed by atoms with van der Waals surface area (Å²) in [6.45, 7) is 2.76. The molecule has 1 unspecified atom stereocenters. The number of amides is 1. The summed E-state index contributed by atoms with van der Waals surface area (Å²) in [6, 6.07) is 9.90. The number of nitrogens with two attached hydrogens (primary N) is 2. The summed E-state index contributed by atoms with van der Waals surface area (Å²) in [5.41, 5.74) is 14.4. The highest BCUT2D eigenvalue weighted by Crippen LogP contribution is 2.47. The van der Waals surface area contributed by atoms with Crippen LogP contribution >= 0.6 is 0 Å². The Bertz CT molecular complexity index is 862. The third-order valence-corrected chi connectivity index (χ3v) is 4.99. The number of benzene rings is 1. The van der Waals surface area contributed by atoms with E-state index in [-0.39, 0.29) is 5.91 Å². The van der Waals surface area contributed by atoms with E-state index in [4.69, 9.17) is 11.5 Å². The van der Waals surface area contributed by atoms with Crippen LogP contribution in [-0.2, 0) is 16.6 Å². The molecule has 0 saturated heterocycles. The minimum Gasteiger partial charge on any atom is -0.405 e. The third-order valence-electron chi connectivity index (χ3n) is 4.99. The molecule has 4 N–H and O–H groups in total. The van der Waals surface area contributed by atoms with Gasteiger partial charge in [0, 0.05) is 18.4 Å². The van der Waals surface area contributed by atoms with Gasteiger partial charge in [-0.1, -0.05) is 25.1 Å². The van der Waals surface area contributed by atoms with Crippen LogP contribution in [0.25, 0.3) is 0 Å². The molecule has 0 bridgehead atoms. The fraction of sp³-hybridized carbons (Fsp3) is 0.286. The summed E-state index contributed by atoms with van der Waals surface area (Å²) in [7, 11) is 0. The van der Waals surface area contributed by atoms with Crippen molar-refractivity contribution in [1.82, 2.24) is 10.2 Å². The molecule has 3 rings (SSSR count). The number of nitrogens with zero attached hydrogens (tertiary/aromatic N) is 3. The molecule has 1 aliphatic rings. The highest BCUT2D eigenvalue weighted by molar-refractivity contribution is 6.08. The van der Waals surface area contributed by atoms with E-state index >= 15 is 0 Å². The molecule has 0 saturated carbocycles. The second kappa shape index (κ2) is 8.03. The maximum Gasteiger partial charge on any atom is 0.238 e. The van der Waals surface area contributed by atoms with Gasteiger partial charge in [0.1, 0.15) is 0 Å². The van der Waals surface area contributed by atoms with Gasteiger partial charge in [0.15, 0.2) is 0 Å². The molecule has 1 aromatic heterocycles. The van der Waals surface area contributed by atoms with Crippen LogP contribution < -0.4 is 16.4 Å². The van der Waals surface area contributed by atoms with Crippen molar-refractivity contribution in [2.45, 2.75) is 31.6 Å². The van der Waals surface area contributed by atoms with Gasteiger partial charge in [-0.05, 0) is 66.6 Å². The topological polar surface area (TPSA) is 98.1 Å². The first-order chi connectivity index (χ1) is 13.2. The lowest BCUT2D eigenvalue weighted by Gasteiger charge is -2.29. The summed E-state index contributed by atoms with van der Waals surface area (Å²) >= 11 is 0. The number of hydrogen-bond acceptors (Lipinski definition) is 5. The van der Waals surface area contributed by atoms with Crippen molar-refractivity contribution >= 4 is 11.6 Å². The number of allylic oxidation sites excluding steroid dienone is 2. The molecule has 6 heteroatoms. The number of anilines is 1. The smallest absolute Gasteiger partial charge is 0.238 e. The van der Waals surface area contributed by atoms with E-state index in [1.165, 1.54) is 12.4 Å². The normalized spacial score (nSPS) is 19.7. The van der Waals surface area contributed by atoms with Crippen molar-refractivity contribution in [2.24, 2.45) is 11.5 Å². The molecule has 6 nitrogen and oxygen atoms in total. The van der Waals surface area contributed by atoms with Crippen LogP contribution in [-0.4, -0.2) is 22.6 Å². The first-order valence-corrected chi connectivity index (χ1v) is 9.12. The van der Waals surface area contributed by atoms with Gasteiger partial charge < -0.3 is 16.4 Å². The van der Waals surface area contributed by atoms with Crippen molar-refractivity contribution < 1.29 is 4.79 Å². The number of carbonyl (C=O) groups excluding carboxylic acids is 1. The first-order valence-electron chi connectivity index (χ1n) is 9.12. The summed E-state index contributed by atoms with van der Waals surface area (Å²) in [4.78, 5) is 15.6. The van der Waals surface area contributed by atoms with Crippen molar-refractivity contribution in [1.29, 1.82) is 0 Å². The van der Waals surface area contributed by atoms with Gasteiger partial charge >= 0.3 is 0 Å². The lowest BCUT2D eigenvalue weighted by Crippen LogP contribution is -2.42. The van der Waals surface area contributed by atoms with Crippen LogP contribution in [0.5, 0.6) is 0 Å². The quantitative estimate of drug-likeness (QED) is 0.736. The average molecular weight is 363 g/mol. The minimum atomic E-state index is -0.750. The lowest BCUT2D eigenvalue weighted by molar-refractivity contribution is -0.123. The molecule has 0 aliphatic carbocycles. The molecule has 2 aromatic rings. The monoisotopic (exact) mass is 363 g/mol. The van der Waals surface area contributed by atoms with E-state index in [0.717, 1.165) is 28.8 Å². The van der Waals surface area contributed by atoms with Crippen LogP contribution in [0.4, 0.5) is 5.69 Å². The van der Waals surface area contributed by atoms with Gasteiger partial charge in [0.25, 0.3) is 0 Å². The molecule has 0 fully saturated rings. The Morgan fingerprint density at radius 3 is 2.70 bits per heavy atom. The van der Waals surface area contributed by atoms with Gasteiger partial charge in [-0.15, -0.1) is 0 Å². The van der Waals surface area contributed by atoms with Crippen LogP contribution in [0.1, 0.15) is 30.9 Å². The Balaban J connectivity index is 2.15. The highest BCUT2D eigenvalue weighted by Gasteiger charge is 2.50. The van der Waals surface area contributed by atoms with E-state index in [0.29, 0.717) is 19.4 Å². The Labute approximate surface area is 159 Å². The van der Waals surface area contributed by atoms with Crippen LogP contribution in [0.3, 0.4) is 0 Å². The van der Waals surface area contributed by atoms with Gasteiger partial charge in [-0.25, -0.2) is 0 Å². The van der Waals surface area contributed by atoms with Gasteiger partial charge in [0.05, 0.1) is 11.6 Å². The molecule has 1 amide bonds. The van der Waals surface area contributed by atoms with Crippen molar-refractivity contribution in [2.75, 3.05) is 11.4 Å². The fourth-order valence-electron chi connectivity index (χ4n) is 3.86. The fourth-order valence-corrected chi connectivity index (χ4v) is 3.86. The molecule has 140 valence electrons. The molecular weight excluding hydrogens is 338 g/mol. The first kappa shape index (κ1) is 18.6. The average Bonchev–Trinajstić information content (AvgIpc) is 2.92. The molecule has 1 atom stereocenters. The number of fused-ring (bicyclic) bond motifs is 1. The van der Waals surface area contributed by atoms with Gasteiger partial charge in [-0.3, -0.25) is 4.79 Å². The molecule has 0 radical (unpaired) electrons. The molecule has 2 heterocycles. The van der Waals surface area contributed by atoms with Crippen LogP contribution in [0, 0.1) is 0 Å². The van der Waals surface area contributed by atoms with Gasteiger partial charge in [-0.2, -0.15) is 10.2 Å². The summed E-state index contributed by atoms with van der Waals surface area (Å²) in [6.07, 6.45) is 9.97. The molecule has 0 spiro atoms. The van der Waals surface area contributed by atoms with E-state index in [2.05, 4.69) is 17.1 Å². The maximum atomic E-state index is 13.7. The van der Waals surface area contributed by atoms with Crippen LogP contribution in [0.2, 0.25) is 0 Å². The van der Waals surface area contributed by atoms with E-state index in [1.807, 2.05) is 35.2 Å². The molecular formula is C21H25N5O. The molecule has 1 aliphatic heterocycles. The number of para-hydroxylation sites is 1. The number of aromatic nitrogens is 2. The number of rotatable bonds is 7. The third kappa shape index (κ3) is 3.43. The van der Waals surface area contributed by atoms with Gasteiger partial charge in [0.2, 0.25) is 5.91 Å². The minimum absolute atomic E-state index is 0.0899. The summed E-state index contributed by atoms with van der Waals surface area (Å²) in [5, 5.41) is 7.83. The maximum absolute atomic E-state index is 13.7. The van der Waals surface area contributed by atoms with E-state index in [9.17, 15) is 4.79 Å². The highest BCUT2D eigenvalue weighted by atomic mass is 16.2. The number of carbonyl (C=O) groups is 1. The van der Waals surface area contributed by atoms with E-state index < -0.39 is 5.41 Å². The zero-order valence-electron chi connectivity index (χ0n) is 15.5. The molecule has 27 heavy (non-hydrogen) atoms. The van der Waals surface area contributed by atoms with E-state index in [1.54, 1.807) is 18.5 Å². The van der Waals surface area contributed by atoms with Crippen molar-refractivity contribution in [3.63, 3.8) is 0 Å². The Morgan fingerprint density at radius 1 is 1.22 bits per heavy atom. The SMILES string of the molecule is CCCN1C(=O)C(CC(/C=C\N)=C/N)(Cc2ccnnc2)c2ccccc21. The second-order valence-corrected chi connectivity index (χ2v) is 6.76.